The molecule has 0 heterocycles. The number of phenols is 1. The van der Waals surface area contributed by atoms with Crippen molar-refractivity contribution in [3.05, 3.63) is 51.6 Å². The van der Waals surface area contributed by atoms with E-state index >= 15 is 0 Å². The largest absolute Gasteiger partial charge is 0.507 e. The van der Waals surface area contributed by atoms with Crippen LogP contribution in [0.25, 0.3) is 11.1 Å². The highest BCUT2D eigenvalue weighted by molar-refractivity contribution is 5.94. The van der Waals surface area contributed by atoms with Crippen molar-refractivity contribution in [2.45, 2.75) is 26.4 Å². The van der Waals surface area contributed by atoms with E-state index in [1.54, 1.807) is 20.8 Å². The van der Waals surface area contributed by atoms with E-state index in [4.69, 9.17) is 15.7 Å². The number of nitrogens with two attached hydrogens (primary N) is 1. The average Bonchev–Trinajstić information content (AvgIpc) is 2.52. The molecule has 0 saturated carbocycles. The molecule has 0 aliphatic rings. The lowest BCUT2D eigenvalue weighted by molar-refractivity contribution is -0.383. The number of nitriles is 1. The second kappa shape index (κ2) is 6.72. The lowest BCUT2D eigenvalue weighted by atomic mass is 9.98. The molecule has 0 atom stereocenters. The maximum absolute atomic E-state index is 12.1. The molecule has 8 nitrogen and oxygen atoms in total. The molecule has 0 spiro atoms. The SMILES string of the molecule is CC(C)(C)OC(=O)c1ccc(-c2cc(C#N)cc([N+](=O)[O-])c2N)cc1O. The van der Waals surface area contributed by atoms with Gasteiger partial charge in [0.25, 0.3) is 5.69 Å². The lowest BCUT2D eigenvalue weighted by Crippen LogP contribution is -2.23. The van der Waals surface area contributed by atoms with E-state index in [1.165, 1.54) is 24.3 Å². The average molecular weight is 355 g/mol. The van der Waals surface area contributed by atoms with Gasteiger partial charge in [-0.15, -0.1) is 0 Å². The van der Waals surface area contributed by atoms with E-state index in [9.17, 15) is 20.0 Å². The summed E-state index contributed by atoms with van der Waals surface area (Å²) < 4.78 is 5.20. The quantitative estimate of drug-likeness (QED) is 0.372. The van der Waals surface area contributed by atoms with Crippen LogP contribution in [0.3, 0.4) is 0 Å². The molecular formula is C18H17N3O5. The molecule has 0 unspecified atom stereocenters. The Hall–Kier alpha value is -3.60. The van der Waals surface area contributed by atoms with Crippen molar-refractivity contribution in [2.24, 2.45) is 0 Å². The second-order valence-corrected chi connectivity index (χ2v) is 6.56. The number of nitro benzene ring substituents is 1. The molecule has 0 fully saturated rings. The fraction of sp³-hybridized carbons (Fsp3) is 0.222. The fourth-order valence-electron chi connectivity index (χ4n) is 2.30. The molecular weight excluding hydrogens is 338 g/mol. The molecule has 0 amide bonds. The Labute approximate surface area is 149 Å². The highest BCUT2D eigenvalue weighted by Crippen LogP contribution is 2.36. The number of hydrogen-bond donors (Lipinski definition) is 2. The van der Waals surface area contributed by atoms with Crippen molar-refractivity contribution in [3.63, 3.8) is 0 Å². The number of hydrogen-bond acceptors (Lipinski definition) is 7. The standard InChI is InChI=1S/C18H17N3O5/c1-18(2,3)26-17(23)12-5-4-11(8-15(12)22)13-6-10(9-19)7-14(16(13)20)21(24)25/h4-8,22H,20H2,1-3H3. The van der Waals surface area contributed by atoms with Gasteiger partial charge in [0.1, 0.15) is 22.6 Å². The second-order valence-electron chi connectivity index (χ2n) is 6.56. The minimum absolute atomic E-state index is 0.0480. The predicted molar refractivity (Wildman–Crippen MR) is 94.5 cm³/mol. The van der Waals surface area contributed by atoms with Gasteiger partial charge in [-0.1, -0.05) is 6.07 Å². The Morgan fingerprint density at radius 3 is 2.46 bits per heavy atom. The highest BCUT2D eigenvalue weighted by Gasteiger charge is 2.22. The lowest BCUT2D eigenvalue weighted by Gasteiger charge is -2.20. The zero-order valence-electron chi connectivity index (χ0n) is 14.4. The minimum Gasteiger partial charge on any atom is -0.507 e. The van der Waals surface area contributed by atoms with E-state index in [-0.39, 0.29) is 28.1 Å². The Kier molecular flexibility index (Phi) is 4.84. The van der Waals surface area contributed by atoms with Crippen molar-refractivity contribution in [1.82, 2.24) is 0 Å². The number of ether oxygens (including phenoxy) is 1. The number of carbonyl (C=O) groups excluding carboxylic acids is 1. The number of phenolic OH excluding ortho intramolecular Hbond substituents is 1. The highest BCUT2D eigenvalue weighted by atomic mass is 16.6. The summed E-state index contributed by atoms with van der Waals surface area (Å²) in [5.74, 6) is -1.06. The summed E-state index contributed by atoms with van der Waals surface area (Å²) in [6.07, 6.45) is 0. The van der Waals surface area contributed by atoms with Crippen LogP contribution in [0.15, 0.2) is 30.3 Å². The van der Waals surface area contributed by atoms with Gasteiger partial charge in [0.05, 0.1) is 16.6 Å². The molecule has 134 valence electrons. The van der Waals surface area contributed by atoms with E-state index in [2.05, 4.69) is 0 Å². The summed E-state index contributed by atoms with van der Waals surface area (Å²) >= 11 is 0. The van der Waals surface area contributed by atoms with Crippen molar-refractivity contribution in [1.29, 1.82) is 5.26 Å². The Bertz CT molecular complexity index is 939. The van der Waals surface area contributed by atoms with Crippen LogP contribution in [0.2, 0.25) is 0 Å². The summed E-state index contributed by atoms with van der Waals surface area (Å²) in [4.78, 5) is 22.5. The third kappa shape index (κ3) is 3.89. The Morgan fingerprint density at radius 1 is 1.31 bits per heavy atom. The van der Waals surface area contributed by atoms with Gasteiger partial charge in [0.2, 0.25) is 0 Å². The fourth-order valence-corrected chi connectivity index (χ4v) is 2.30. The topological polar surface area (TPSA) is 139 Å². The summed E-state index contributed by atoms with van der Waals surface area (Å²) in [5, 5.41) is 30.4. The molecule has 0 radical (unpaired) electrons. The van der Waals surface area contributed by atoms with Crippen LogP contribution in [-0.2, 0) is 4.74 Å². The van der Waals surface area contributed by atoms with Crippen molar-refractivity contribution >= 4 is 17.3 Å². The van der Waals surface area contributed by atoms with Crippen molar-refractivity contribution in [3.8, 4) is 22.9 Å². The summed E-state index contributed by atoms with van der Waals surface area (Å²) in [6.45, 7) is 5.09. The molecule has 26 heavy (non-hydrogen) atoms. The normalized spacial score (nSPS) is 10.8. The monoisotopic (exact) mass is 355 g/mol. The zero-order valence-corrected chi connectivity index (χ0v) is 14.4. The number of benzene rings is 2. The van der Waals surface area contributed by atoms with Gasteiger partial charge >= 0.3 is 5.97 Å². The van der Waals surface area contributed by atoms with Crippen LogP contribution in [0, 0.1) is 21.4 Å². The third-order valence-electron chi connectivity index (χ3n) is 3.41. The van der Waals surface area contributed by atoms with E-state index in [0.717, 1.165) is 6.07 Å². The molecule has 3 N–H and O–H groups in total. The van der Waals surface area contributed by atoms with Crippen molar-refractivity contribution < 1.29 is 19.6 Å². The maximum atomic E-state index is 12.1. The summed E-state index contributed by atoms with van der Waals surface area (Å²) in [5.41, 5.74) is 5.11. The number of anilines is 1. The van der Waals surface area contributed by atoms with Crippen LogP contribution in [-0.4, -0.2) is 21.6 Å². The number of nitro groups is 1. The Balaban J connectivity index is 2.53. The van der Waals surface area contributed by atoms with Gasteiger partial charge < -0.3 is 15.6 Å². The van der Waals surface area contributed by atoms with E-state index in [1.807, 2.05) is 6.07 Å². The molecule has 0 saturated heterocycles. The van der Waals surface area contributed by atoms with Gasteiger partial charge in [-0.3, -0.25) is 10.1 Å². The summed E-state index contributed by atoms with van der Waals surface area (Å²) in [6, 6.07) is 8.34. The number of nitrogens with zero attached hydrogens (tertiary/aromatic N) is 2. The first-order valence-electron chi connectivity index (χ1n) is 7.58. The van der Waals surface area contributed by atoms with Crippen LogP contribution >= 0.6 is 0 Å². The van der Waals surface area contributed by atoms with Crippen LogP contribution in [0.5, 0.6) is 5.75 Å². The van der Waals surface area contributed by atoms with Gasteiger partial charge in [0.15, 0.2) is 0 Å². The molecule has 2 rings (SSSR count). The van der Waals surface area contributed by atoms with Crippen molar-refractivity contribution in [2.75, 3.05) is 5.73 Å². The minimum atomic E-state index is -0.728. The van der Waals surface area contributed by atoms with E-state index < -0.39 is 22.2 Å². The zero-order chi connectivity index (χ0) is 19.6. The maximum Gasteiger partial charge on any atom is 0.342 e. The molecule has 8 heteroatoms. The molecule has 2 aromatic carbocycles. The molecule has 0 aliphatic heterocycles. The molecule has 0 aromatic heterocycles. The van der Waals surface area contributed by atoms with Gasteiger partial charge in [-0.05, 0) is 44.5 Å². The predicted octanol–water partition coefficient (Wildman–Crippen LogP) is 3.38. The Morgan fingerprint density at radius 2 is 1.96 bits per heavy atom. The van der Waals surface area contributed by atoms with E-state index in [0.29, 0.717) is 5.56 Å². The number of esters is 1. The molecule has 0 aliphatic carbocycles. The third-order valence-corrected chi connectivity index (χ3v) is 3.41. The van der Waals surface area contributed by atoms with Gasteiger partial charge in [-0.25, -0.2) is 4.79 Å². The summed E-state index contributed by atoms with van der Waals surface area (Å²) in [7, 11) is 0. The first-order valence-corrected chi connectivity index (χ1v) is 7.58. The smallest absolute Gasteiger partial charge is 0.342 e. The van der Waals surface area contributed by atoms with Gasteiger partial charge in [0, 0.05) is 11.6 Å². The van der Waals surface area contributed by atoms with Crippen LogP contribution < -0.4 is 5.73 Å². The number of carbonyl (C=O) groups is 1. The molecule has 0 bridgehead atoms. The van der Waals surface area contributed by atoms with Crippen LogP contribution in [0.1, 0.15) is 36.7 Å². The first kappa shape index (κ1) is 18.7. The number of rotatable bonds is 3. The first-order chi connectivity index (χ1) is 12.0. The molecule has 2 aromatic rings. The van der Waals surface area contributed by atoms with Crippen LogP contribution in [0.4, 0.5) is 11.4 Å². The number of aromatic hydroxyl groups is 1. The van der Waals surface area contributed by atoms with Gasteiger partial charge in [-0.2, -0.15) is 5.26 Å². The number of nitrogen functional groups attached to an aromatic ring is 1.